The van der Waals surface area contributed by atoms with Gasteiger partial charge in [0.2, 0.25) is 0 Å². The molecule has 0 aromatic carbocycles. The highest BCUT2D eigenvalue weighted by Gasteiger charge is 2.38. The van der Waals surface area contributed by atoms with Gasteiger partial charge in [-0.3, -0.25) is 0 Å². The van der Waals surface area contributed by atoms with Crippen LogP contribution in [0.5, 0.6) is 0 Å². The lowest BCUT2D eigenvalue weighted by Crippen LogP contribution is -2.53. The fourth-order valence-electron chi connectivity index (χ4n) is 3.57. The molecule has 0 bridgehead atoms. The van der Waals surface area contributed by atoms with Crippen LogP contribution in [0.3, 0.4) is 0 Å². The molecule has 1 aromatic rings. The number of thioether (sulfide) groups is 1. The molecule has 1 saturated heterocycles. The van der Waals surface area contributed by atoms with Gasteiger partial charge in [-0.1, -0.05) is 19.3 Å². The number of aromatic nitrogens is 1. The summed E-state index contributed by atoms with van der Waals surface area (Å²) in [6.07, 6.45) is 6.97. The first-order valence-corrected chi connectivity index (χ1v) is 10.7. The van der Waals surface area contributed by atoms with E-state index in [1.807, 2.05) is 5.51 Å². The van der Waals surface area contributed by atoms with Gasteiger partial charge in [-0.25, -0.2) is 9.98 Å². The minimum atomic E-state index is 0.479. The van der Waals surface area contributed by atoms with E-state index in [9.17, 15) is 0 Å². The van der Waals surface area contributed by atoms with E-state index in [1.54, 1.807) is 11.3 Å². The molecular weight excluding hydrogens is 324 g/mol. The molecule has 1 aliphatic heterocycles. The van der Waals surface area contributed by atoms with Crippen LogP contribution in [0.25, 0.3) is 0 Å². The summed E-state index contributed by atoms with van der Waals surface area (Å²) < 4.78 is 0.479. The van der Waals surface area contributed by atoms with Crippen molar-refractivity contribution in [1.29, 1.82) is 0 Å². The van der Waals surface area contributed by atoms with Crippen molar-refractivity contribution in [2.45, 2.75) is 57.2 Å². The molecule has 2 heterocycles. The molecule has 1 aliphatic carbocycles. The number of guanidine groups is 1. The molecule has 0 atom stereocenters. The molecule has 0 radical (unpaired) electrons. The molecule has 1 N–H and O–H groups in total. The second-order valence-electron chi connectivity index (χ2n) is 6.54. The minimum Gasteiger partial charge on any atom is -0.357 e. The van der Waals surface area contributed by atoms with Gasteiger partial charge in [-0.05, 0) is 26.7 Å². The predicted octanol–water partition coefficient (Wildman–Crippen LogP) is 3.67. The maximum absolute atomic E-state index is 4.91. The molecule has 1 saturated carbocycles. The molecule has 6 heteroatoms. The van der Waals surface area contributed by atoms with E-state index in [1.165, 1.54) is 42.7 Å². The summed E-state index contributed by atoms with van der Waals surface area (Å²) >= 11 is 3.92. The van der Waals surface area contributed by atoms with E-state index in [4.69, 9.17) is 4.99 Å². The van der Waals surface area contributed by atoms with Gasteiger partial charge in [-0.2, -0.15) is 11.8 Å². The molecule has 0 amide bonds. The van der Waals surface area contributed by atoms with Crippen LogP contribution in [0.2, 0.25) is 0 Å². The highest BCUT2D eigenvalue weighted by atomic mass is 32.2. The number of nitrogens with one attached hydrogen (secondary N) is 1. The Bertz CT molecular complexity index is 529. The summed E-state index contributed by atoms with van der Waals surface area (Å²) in [5.41, 5.74) is 3.04. The Balaban J connectivity index is 1.70. The molecule has 23 heavy (non-hydrogen) atoms. The maximum Gasteiger partial charge on any atom is 0.194 e. The van der Waals surface area contributed by atoms with Crippen molar-refractivity contribution in [3.63, 3.8) is 0 Å². The van der Waals surface area contributed by atoms with Gasteiger partial charge >= 0.3 is 0 Å². The van der Waals surface area contributed by atoms with Gasteiger partial charge < -0.3 is 10.2 Å². The molecule has 2 aliphatic rings. The van der Waals surface area contributed by atoms with E-state index in [-0.39, 0.29) is 0 Å². The van der Waals surface area contributed by atoms with Crippen molar-refractivity contribution in [2.75, 3.05) is 25.4 Å². The SMILES string of the molecule is CCNC(=NCc1scnc1C)N1CCSC2(CCCCC2)C1. The summed E-state index contributed by atoms with van der Waals surface area (Å²) in [7, 11) is 0. The monoisotopic (exact) mass is 352 g/mol. The normalized spacial score (nSPS) is 21.7. The van der Waals surface area contributed by atoms with Gasteiger partial charge in [0.25, 0.3) is 0 Å². The molecular formula is C17H28N4S2. The molecule has 3 rings (SSSR count). The lowest BCUT2D eigenvalue weighted by molar-refractivity contribution is 0.293. The van der Waals surface area contributed by atoms with Gasteiger partial charge in [0.1, 0.15) is 0 Å². The van der Waals surface area contributed by atoms with E-state index >= 15 is 0 Å². The largest absolute Gasteiger partial charge is 0.357 e. The summed E-state index contributed by atoms with van der Waals surface area (Å²) in [6, 6.07) is 0. The Morgan fingerprint density at radius 3 is 2.91 bits per heavy atom. The van der Waals surface area contributed by atoms with E-state index in [0.29, 0.717) is 4.75 Å². The van der Waals surface area contributed by atoms with Crippen molar-refractivity contribution in [1.82, 2.24) is 15.2 Å². The summed E-state index contributed by atoms with van der Waals surface area (Å²) in [5, 5.41) is 3.51. The fraction of sp³-hybridized carbons (Fsp3) is 0.765. The van der Waals surface area contributed by atoms with Gasteiger partial charge in [-0.15, -0.1) is 11.3 Å². The van der Waals surface area contributed by atoms with Crippen LogP contribution in [0.4, 0.5) is 0 Å². The number of nitrogens with zero attached hydrogens (tertiary/aromatic N) is 3. The van der Waals surface area contributed by atoms with Crippen LogP contribution in [0.1, 0.15) is 49.6 Å². The zero-order valence-corrected chi connectivity index (χ0v) is 15.9. The highest BCUT2D eigenvalue weighted by molar-refractivity contribution is 8.00. The third kappa shape index (κ3) is 4.21. The van der Waals surface area contributed by atoms with Crippen LogP contribution >= 0.6 is 23.1 Å². The fourth-order valence-corrected chi connectivity index (χ4v) is 5.84. The first-order valence-electron chi connectivity index (χ1n) is 8.79. The quantitative estimate of drug-likeness (QED) is 0.666. The lowest BCUT2D eigenvalue weighted by atomic mass is 9.87. The zero-order valence-electron chi connectivity index (χ0n) is 14.3. The third-order valence-electron chi connectivity index (χ3n) is 4.86. The second kappa shape index (κ2) is 7.88. The standard InChI is InChI=1S/C17H28N4S2/c1-3-18-16(19-11-15-14(2)20-13-22-15)21-9-10-23-17(12-21)7-5-4-6-8-17/h13H,3-12H2,1-2H3,(H,18,19). The Kier molecular flexibility index (Phi) is 5.85. The van der Waals surface area contributed by atoms with Crippen LogP contribution in [-0.2, 0) is 6.54 Å². The second-order valence-corrected chi connectivity index (χ2v) is 9.05. The maximum atomic E-state index is 4.91. The van der Waals surface area contributed by atoms with E-state index in [2.05, 4.69) is 40.8 Å². The Labute approximate surface area is 148 Å². The molecule has 4 nitrogen and oxygen atoms in total. The Morgan fingerprint density at radius 1 is 1.39 bits per heavy atom. The Morgan fingerprint density at radius 2 is 2.22 bits per heavy atom. The highest BCUT2D eigenvalue weighted by Crippen LogP contribution is 2.42. The predicted molar refractivity (Wildman–Crippen MR) is 102 cm³/mol. The zero-order chi connectivity index (χ0) is 16.1. The smallest absolute Gasteiger partial charge is 0.194 e. The summed E-state index contributed by atoms with van der Waals surface area (Å²) in [5.74, 6) is 2.31. The lowest BCUT2D eigenvalue weighted by Gasteiger charge is -2.45. The average molecular weight is 353 g/mol. The van der Waals surface area contributed by atoms with Crippen LogP contribution in [-0.4, -0.2) is 46.0 Å². The van der Waals surface area contributed by atoms with Gasteiger partial charge in [0.05, 0.1) is 17.7 Å². The Hall–Kier alpha value is -0.750. The number of hydrogen-bond acceptors (Lipinski definition) is 4. The average Bonchev–Trinajstić information content (AvgIpc) is 2.97. The van der Waals surface area contributed by atoms with Gasteiger partial charge in [0, 0.05) is 35.0 Å². The van der Waals surface area contributed by atoms with Crippen LogP contribution in [0.15, 0.2) is 10.5 Å². The van der Waals surface area contributed by atoms with Crippen molar-refractivity contribution in [2.24, 2.45) is 4.99 Å². The first kappa shape index (κ1) is 17.1. The summed E-state index contributed by atoms with van der Waals surface area (Å²) in [4.78, 5) is 13.0. The third-order valence-corrected chi connectivity index (χ3v) is 7.32. The van der Waals surface area contributed by atoms with Crippen molar-refractivity contribution in [3.05, 3.63) is 16.1 Å². The number of hydrogen-bond donors (Lipinski definition) is 1. The molecule has 2 fully saturated rings. The van der Waals surface area contributed by atoms with Crippen molar-refractivity contribution >= 4 is 29.1 Å². The van der Waals surface area contributed by atoms with Crippen molar-refractivity contribution in [3.8, 4) is 0 Å². The minimum absolute atomic E-state index is 0.479. The topological polar surface area (TPSA) is 40.5 Å². The van der Waals surface area contributed by atoms with E-state index < -0.39 is 0 Å². The number of rotatable bonds is 3. The number of aryl methyl sites for hydroxylation is 1. The van der Waals surface area contributed by atoms with Crippen molar-refractivity contribution < 1.29 is 0 Å². The number of thiazole rings is 1. The van der Waals surface area contributed by atoms with Crippen LogP contribution in [0, 0.1) is 6.92 Å². The number of aliphatic imine (C=N–C) groups is 1. The van der Waals surface area contributed by atoms with Gasteiger partial charge in [0.15, 0.2) is 5.96 Å². The molecule has 128 valence electrons. The molecule has 1 spiro atoms. The molecule has 1 aromatic heterocycles. The van der Waals surface area contributed by atoms with Crippen LogP contribution < -0.4 is 5.32 Å². The summed E-state index contributed by atoms with van der Waals surface area (Å²) in [6.45, 7) is 8.17. The molecule has 0 unspecified atom stereocenters. The van der Waals surface area contributed by atoms with E-state index in [0.717, 1.165) is 37.8 Å². The first-order chi connectivity index (χ1) is 11.2.